The number of hydrogen-bond acceptors (Lipinski definition) is 8. The minimum Gasteiger partial charge on any atom is -0.366 e. The lowest BCUT2D eigenvalue weighted by molar-refractivity contribution is -0.145. The van der Waals surface area contributed by atoms with E-state index in [4.69, 9.17) is 11.0 Å². The Hall–Kier alpha value is -5.34. The van der Waals surface area contributed by atoms with E-state index >= 15 is 0 Å². The average molecular weight is 564 g/mol. The van der Waals surface area contributed by atoms with Crippen LogP contribution in [0.15, 0.2) is 36.5 Å². The fourth-order valence-electron chi connectivity index (χ4n) is 3.58. The lowest BCUT2D eigenvalue weighted by atomic mass is 10.0. The number of anilines is 1. The molecule has 0 unspecified atom stereocenters. The number of pyridine rings is 1. The molecule has 0 saturated heterocycles. The number of primary amides is 1. The number of amides is 2. The molecule has 0 fully saturated rings. The first-order valence-electron chi connectivity index (χ1n) is 10.8. The number of nitrogens with two attached hydrogens (primary N) is 1. The van der Waals surface area contributed by atoms with Crippen molar-refractivity contribution in [1.29, 1.82) is 5.26 Å². The summed E-state index contributed by atoms with van der Waals surface area (Å²) in [7, 11) is 0. The lowest BCUT2D eigenvalue weighted by Crippen LogP contribution is -2.23. The molecule has 0 saturated carbocycles. The number of benzene rings is 1. The van der Waals surface area contributed by atoms with E-state index in [1.807, 2.05) is 6.07 Å². The van der Waals surface area contributed by atoms with Gasteiger partial charge in [0.25, 0.3) is 17.6 Å². The molecular formula is C22H14F6N10O2. The van der Waals surface area contributed by atoms with E-state index in [9.17, 15) is 35.9 Å². The average Bonchev–Trinajstić information content (AvgIpc) is 3.52. The highest BCUT2D eigenvalue weighted by Crippen LogP contribution is 2.33. The van der Waals surface area contributed by atoms with Crippen LogP contribution in [0, 0.1) is 18.3 Å². The summed E-state index contributed by atoms with van der Waals surface area (Å²) in [6, 6.07) is 6.95. The van der Waals surface area contributed by atoms with Crippen LogP contribution in [-0.4, -0.2) is 46.8 Å². The Morgan fingerprint density at radius 1 is 1.10 bits per heavy atom. The zero-order valence-corrected chi connectivity index (χ0v) is 19.9. The summed E-state index contributed by atoms with van der Waals surface area (Å²) >= 11 is 0. The molecule has 4 rings (SSSR count). The molecule has 3 N–H and O–H groups in total. The molecule has 12 nitrogen and oxygen atoms in total. The Morgan fingerprint density at radius 2 is 1.82 bits per heavy atom. The van der Waals surface area contributed by atoms with Crippen LogP contribution in [-0.2, 0) is 18.9 Å². The maximum absolute atomic E-state index is 13.7. The third-order valence-electron chi connectivity index (χ3n) is 5.26. The molecule has 0 atom stereocenters. The van der Waals surface area contributed by atoms with Crippen molar-refractivity contribution in [2.45, 2.75) is 25.8 Å². The first-order chi connectivity index (χ1) is 18.7. The van der Waals surface area contributed by atoms with Gasteiger partial charge < -0.3 is 11.1 Å². The largest absolute Gasteiger partial charge is 0.455 e. The predicted molar refractivity (Wildman–Crippen MR) is 121 cm³/mol. The number of aromatic nitrogens is 7. The maximum Gasteiger partial charge on any atom is 0.455 e. The molecule has 2 amide bonds. The SMILES string of the molecule is Cc1cc(C#N)cc(C(N)=O)c1NC(=O)c1cc(Cn2nnc(C(F)(F)F)n2)nn1-c1ncccc1C(F)(F)F. The second kappa shape index (κ2) is 10.1. The summed E-state index contributed by atoms with van der Waals surface area (Å²) in [5.41, 5.74) is 3.22. The number of hydrogen-bond donors (Lipinski definition) is 2. The number of nitriles is 1. The summed E-state index contributed by atoms with van der Waals surface area (Å²) in [4.78, 5) is 29.5. The maximum atomic E-state index is 13.7. The molecule has 0 aliphatic rings. The Bertz CT molecular complexity index is 1670. The number of nitrogens with zero attached hydrogens (tertiary/aromatic N) is 8. The molecule has 3 aromatic heterocycles. The molecular weight excluding hydrogens is 550 g/mol. The van der Waals surface area contributed by atoms with Crippen molar-refractivity contribution in [3.05, 3.63) is 76.0 Å². The number of halogens is 6. The first-order valence-corrected chi connectivity index (χ1v) is 10.8. The second-order valence-electron chi connectivity index (χ2n) is 8.09. The quantitative estimate of drug-likeness (QED) is 0.337. The monoisotopic (exact) mass is 564 g/mol. The van der Waals surface area contributed by atoms with Crippen LogP contribution >= 0.6 is 0 Å². The van der Waals surface area contributed by atoms with Crippen LogP contribution in [0.1, 0.15) is 49.1 Å². The van der Waals surface area contributed by atoms with Gasteiger partial charge >= 0.3 is 12.4 Å². The minimum absolute atomic E-state index is 0.0542. The van der Waals surface area contributed by atoms with E-state index in [1.54, 1.807) is 0 Å². The van der Waals surface area contributed by atoms with E-state index in [1.165, 1.54) is 13.0 Å². The van der Waals surface area contributed by atoms with Crippen LogP contribution < -0.4 is 11.1 Å². The molecule has 0 aliphatic heterocycles. The predicted octanol–water partition coefficient (Wildman–Crippen LogP) is 2.87. The van der Waals surface area contributed by atoms with Gasteiger partial charge in [-0.25, -0.2) is 9.67 Å². The van der Waals surface area contributed by atoms with E-state index < -0.39 is 53.6 Å². The van der Waals surface area contributed by atoms with E-state index in [0.717, 1.165) is 24.4 Å². The van der Waals surface area contributed by atoms with Crippen molar-refractivity contribution in [3.8, 4) is 11.9 Å². The molecule has 0 radical (unpaired) electrons. The summed E-state index contributed by atoms with van der Waals surface area (Å²) in [5.74, 6) is -4.48. The fraction of sp³-hybridized carbons (Fsp3) is 0.182. The Balaban J connectivity index is 1.82. The fourth-order valence-corrected chi connectivity index (χ4v) is 3.58. The zero-order valence-electron chi connectivity index (χ0n) is 19.9. The summed E-state index contributed by atoms with van der Waals surface area (Å²) in [6.45, 7) is 0.827. The molecule has 0 spiro atoms. The number of carbonyl (C=O) groups is 2. The molecule has 18 heteroatoms. The van der Waals surface area contributed by atoms with Gasteiger partial charge in [0.15, 0.2) is 5.82 Å². The van der Waals surface area contributed by atoms with Crippen molar-refractivity contribution in [2.24, 2.45) is 5.73 Å². The third kappa shape index (κ3) is 5.57. The topological polar surface area (TPSA) is 170 Å². The van der Waals surface area contributed by atoms with Crippen molar-refractivity contribution in [3.63, 3.8) is 0 Å². The first kappa shape index (κ1) is 27.7. The van der Waals surface area contributed by atoms with Crippen molar-refractivity contribution in [1.82, 2.24) is 35.0 Å². The molecule has 206 valence electrons. The Kier molecular flexibility index (Phi) is 6.98. The summed E-state index contributed by atoms with van der Waals surface area (Å²) in [6.07, 6.45) is -8.82. The summed E-state index contributed by atoms with van der Waals surface area (Å²) < 4.78 is 80.3. The molecule has 4 aromatic rings. The zero-order chi connectivity index (χ0) is 29.4. The smallest absolute Gasteiger partial charge is 0.366 e. The Morgan fingerprint density at radius 3 is 2.42 bits per heavy atom. The third-order valence-corrected chi connectivity index (χ3v) is 5.26. The van der Waals surface area contributed by atoms with Gasteiger partial charge in [-0.2, -0.15) is 41.5 Å². The van der Waals surface area contributed by atoms with Crippen molar-refractivity contribution < 1.29 is 35.9 Å². The Labute approximate surface area is 219 Å². The van der Waals surface area contributed by atoms with Crippen LogP contribution in [0.25, 0.3) is 5.82 Å². The number of alkyl halides is 6. The number of tetrazole rings is 1. The van der Waals surface area contributed by atoms with Crippen LogP contribution in [0.4, 0.5) is 32.0 Å². The van der Waals surface area contributed by atoms with Gasteiger partial charge in [-0.1, -0.05) is 0 Å². The molecule has 3 heterocycles. The highest BCUT2D eigenvalue weighted by Gasteiger charge is 2.38. The van der Waals surface area contributed by atoms with Crippen LogP contribution in [0.2, 0.25) is 0 Å². The van der Waals surface area contributed by atoms with E-state index in [0.29, 0.717) is 15.5 Å². The lowest BCUT2D eigenvalue weighted by Gasteiger charge is -2.15. The van der Waals surface area contributed by atoms with Crippen molar-refractivity contribution >= 4 is 17.5 Å². The molecule has 1 aromatic carbocycles. The van der Waals surface area contributed by atoms with Gasteiger partial charge in [-0.05, 0) is 48.0 Å². The second-order valence-corrected chi connectivity index (χ2v) is 8.09. The highest BCUT2D eigenvalue weighted by molar-refractivity contribution is 6.09. The van der Waals surface area contributed by atoms with Gasteiger partial charge in [0, 0.05) is 6.20 Å². The molecule has 40 heavy (non-hydrogen) atoms. The normalized spacial score (nSPS) is 11.8. The number of nitrogens with one attached hydrogen (secondary N) is 1. The molecule has 0 aliphatic carbocycles. The van der Waals surface area contributed by atoms with Gasteiger partial charge in [-0.15, -0.1) is 10.2 Å². The van der Waals surface area contributed by atoms with Crippen LogP contribution in [0.5, 0.6) is 0 Å². The number of carbonyl (C=O) groups excluding carboxylic acids is 2. The number of aryl methyl sites for hydroxylation is 1. The van der Waals surface area contributed by atoms with E-state index in [2.05, 4.69) is 30.8 Å². The molecule has 0 bridgehead atoms. The van der Waals surface area contributed by atoms with Crippen LogP contribution in [0.3, 0.4) is 0 Å². The van der Waals surface area contributed by atoms with Gasteiger partial charge in [-0.3, -0.25) is 9.59 Å². The van der Waals surface area contributed by atoms with Gasteiger partial charge in [0.2, 0.25) is 0 Å². The van der Waals surface area contributed by atoms with Crippen molar-refractivity contribution in [2.75, 3.05) is 5.32 Å². The standard InChI is InChI=1S/C22H14F6N10O2/c1-10-5-11(8-29)6-13(17(30)39)16(10)32-19(40)15-7-12(9-37-35-20(33-36-37)22(26,27)28)34-38(15)18-14(21(23,24)25)3-2-4-31-18/h2-7H,9H2,1H3,(H2,30,39)(H,32,40). The highest BCUT2D eigenvalue weighted by atomic mass is 19.4. The van der Waals surface area contributed by atoms with Gasteiger partial charge in [0.1, 0.15) is 17.8 Å². The number of rotatable bonds is 6. The summed E-state index contributed by atoms with van der Waals surface area (Å²) in [5, 5.41) is 24.8. The van der Waals surface area contributed by atoms with E-state index in [-0.39, 0.29) is 28.1 Å². The van der Waals surface area contributed by atoms with Gasteiger partial charge in [0.05, 0.1) is 28.6 Å². The minimum atomic E-state index is -4.93.